The molecule has 4 atom stereocenters. The Morgan fingerprint density at radius 3 is 2.44 bits per heavy atom. The molecule has 0 radical (unpaired) electrons. The van der Waals surface area contributed by atoms with Gasteiger partial charge in [-0.25, -0.2) is 4.79 Å². The maximum Gasteiger partial charge on any atom is 0.338 e. The molecule has 1 N–H and O–H groups in total. The summed E-state index contributed by atoms with van der Waals surface area (Å²) in [6.45, 7) is 6.07. The summed E-state index contributed by atoms with van der Waals surface area (Å²) in [5.41, 5.74) is 1.72. The van der Waals surface area contributed by atoms with E-state index in [-0.39, 0.29) is 11.9 Å². The third kappa shape index (κ3) is 5.23. The molecule has 6 heteroatoms. The van der Waals surface area contributed by atoms with E-state index in [1.54, 1.807) is 19.1 Å². The minimum absolute atomic E-state index is 0.170. The summed E-state index contributed by atoms with van der Waals surface area (Å²) in [5, 5.41) is 3.08. The van der Waals surface area contributed by atoms with Gasteiger partial charge in [-0.3, -0.25) is 4.79 Å². The molecule has 1 heterocycles. The van der Waals surface area contributed by atoms with Gasteiger partial charge in [-0.2, -0.15) is 0 Å². The number of carbonyl (C=O) groups excluding carboxylic acids is 2. The van der Waals surface area contributed by atoms with Crippen molar-refractivity contribution in [3.8, 4) is 0 Å². The van der Waals surface area contributed by atoms with Crippen LogP contribution in [0.3, 0.4) is 0 Å². The van der Waals surface area contributed by atoms with Crippen LogP contribution in [0.2, 0.25) is 0 Å². The molecule has 0 aromatic heterocycles. The molecule has 0 spiro atoms. The van der Waals surface area contributed by atoms with Gasteiger partial charge in [0.1, 0.15) is 0 Å². The first-order valence-electron chi connectivity index (χ1n) is 9.80. The number of thioether (sulfide) groups is 2. The molecular weight excluding hydrogens is 378 g/mol. The lowest BCUT2D eigenvalue weighted by atomic mass is 9.78. The van der Waals surface area contributed by atoms with Gasteiger partial charge in [0.25, 0.3) is 5.91 Å². The first-order valence-corrected chi connectivity index (χ1v) is 11.9. The first-order chi connectivity index (χ1) is 13.0. The molecule has 148 valence electrons. The predicted octanol–water partition coefficient (Wildman–Crippen LogP) is 4.65. The standard InChI is InChI=1S/C21H29NO3S2/c1-13-5-4-6-18(14(13)2)22-19(23)15(3)25-20(24)16-7-9-17(10-8-16)21-26-11-12-27-21/h7-10,13-15,18,21H,4-6,11-12H2,1-3H3,(H,22,23)/t13-,14-,15-,18-/m1/s1. The Morgan fingerprint density at radius 1 is 1.11 bits per heavy atom. The summed E-state index contributed by atoms with van der Waals surface area (Å²) in [6, 6.07) is 7.74. The number of esters is 1. The fraction of sp³-hybridized carbons (Fsp3) is 0.619. The van der Waals surface area contributed by atoms with Crippen LogP contribution in [0.15, 0.2) is 24.3 Å². The molecule has 1 aromatic rings. The van der Waals surface area contributed by atoms with Crippen molar-refractivity contribution in [3.63, 3.8) is 0 Å². The average Bonchev–Trinajstić information content (AvgIpc) is 3.20. The fourth-order valence-electron chi connectivity index (χ4n) is 3.70. The highest BCUT2D eigenvalue weighted by molar-refractivity contribution is 8.19. The van der Waals surface area contributed by atoms with Crippen molar-refractivity contribution in [2.45, 2.75) is 56.8 Å². The van der Waals surface area contributed by atoms with Gasteiger partial charge in [0.05, 0.1) is 10.1 Å². The lowest BCUT2D eigenvalue weighted by Crippen LogP contribution is -2.47. The van der Waals surface area contributed by atoms with E-state index < -0.39 is 12.1 Å². The molecule has 1 amide bonds. The van der Waals surface area contributed by atoms with Gasteiger partial charge >= 0.3 is 5.97 Å². The van der Waals surface area contributed by atoms with Crippen LogP contribution in [0.4, 0.5) is 0 Å². The molecule has 27 heavy (non-hydrogen) atoms. The molecule has 1 aliphatic carbocycles. The van der Waals surface area contributed by atoms with Gasteiger partial charge in [0, 0.05) is 17.5 Å². The number of ether oxygens (including phenoxy) is 1. The Morgan fingerprint density at radius 2 is 1.78 bits per heavy atom. The third-order valence-electron chi connectivity index (χ3n) is 5.73. The lowest BCUT2D eigenvalue weighted by molar-refractivity contribution is -0.130. The minimum Gasteiger partial charge on any atom is -0.449 e. The number of carbonyl (C=O) groups is 2. The first kappa shape index (κ1) is 20.6. The Kier molecular flexibility index (Phi) is 7.15. The second kappa shape index (κ2) is 9.37. The van der Waals surface area contributed by atoms with E-state index in [1.807, 2.05) is 35.7 Å². The zero-order chi connectivity index (χ0) is 19.4. The maximum atomic E-state index is 12.5. The number of hydrogen-bond acceptors (Lipinski definition) is 5. The zero-order valence-electron chi connectivity index (χ0n) is 16.3. The summed E-state index contributed by atoms with van der Waals surface area (Å²) in [7, 11) is 0. The van der Waals surface area contributed by atoms with Crippen LogP contribution >= 0.6 is 23.5 Å². The number of benzene rings is 1. The van der Waals surface area contributed by atoms with E-state index in [2.05, 4.69) is 19.2 Å². The van der Waals surface area contributed by atoms with Crippen molar-refractivity contribution in [1.82, 2.24) is 5.32 Å². The number of rotatable bonds is 5. The third-order valence-corrected chi connectivity index (χ3v) is 8.83. The van der Waals surface area contributed by atoms with Crippen LogP contribution in [0.25, 0.3) is 0 Å². The second-order valence-corrected chi connectivity index (χ2v) is 10.3. The van der Waals surface area contributed by atoms with E-state index in [0.717, 1.165) is 12.8 Å². The SMILES string of the molecule is C[C@@H]1[C@H](C)CCC[C@H]1NC(=O)[C@@H](C)OC(=O)c1ccc(C2SCCS2)cc1. The average molecular weight is 408 g/mol. The Labute approximate surface area is 170 Å². The van der Waals surface area contributed by atoms with Crippen LogP contribution in [0.5, 0.6) is 0 Å². The van der Waals surface area contributed by atoms with E-state index in [1.165, 1.54) is 23.5 Å². The van der Waals surface area contributed by atoms with Crippen LogP contribution in [0, 0.1) is 11.8 Å². The predicted molar refractivity (Wildman–Crippen MR) is 113 cm³/mol. The molecule has 0 unspecified atom stereocenters. The molecule has 3 rings (SSSR count). The van der Waals surface area contributed by atoms with Crippen molar-refractivity contribution in [3.05, 3.63) is 35.4 Å². The van der Waals surface area contributed by atoms with E-state index in [9.17, 15) is 9.59 Å². The van der Waals surface area contributed by atoms with Gasteiger partial charge in [-0.05, 0) is 42.9 Å². The van der Waals surface area contributed by atoms with E-state index in [0.29, 0.717) is 22.0 Å². The van der Waals surface area contributed by atoms with Gasteiger partial charge in [-0.1, -0.05) is 38.8 Å². The molecule has 4 nitrogen and oxygen atoms in total. The quantitative estimate of drug-likeness (QED) is 0.720. The van der Waals surface area contributed by atoms with Crippen LogP contribution in [0.1, 0.15) is 60.5 Å². The molecule has 1 aromatic carbocycles. The minimum atomic E-state index is -0.789. The van der Waals surface area contributed by atoms with Crippen LogP contribution < -0.4 is 5.32 Å². The van der Waals surface area contributed by atoms with Gasteiger partial charge in [0.2, 0.25) is 0 Å². The normalized spacial score (nSPS) is 27.1. The van der Waals surface area contributed by atoms with Crippen molar-refractivity contribution < 1.29 is 14.3 Å². The van der Waals surface area contributed by atoms with Crippen molar-refractivity contribution in [2.24, 2.45) is 11.8 Å². The fourth-order valence-corrected chi connectivity index (χ4v) is 6.55. The molecule has 1 saturated heterocycles. The highest BCUT2D eigenvalue weighted by atomic mass is 32.2. The van der Waals surface area contributed by atoms with E-state index >= 15 is 0 Å². The Bertz CT molecular complexity index is 658. The maximum absolute atomic E-state index is 12.5. The molecule has 2 aliphatic rings. The van der Waals surface area contributed by atoms with Crippen molar-refractivity contribution >= 4 is 35.4 Å². The van der Waals surface area contributed by atoms with Gasteiger partial charge in [-0.15, -0.1) is 23.5 Å². The molecule has 1 saturated carbocycles. The van der Waals surface area contributed by atoms with Crippen LogP contribution in [-0.2, 0) is 9.53 Å². The van der Waals surface area contributed by atoms with Crippen LogP contribution in [-0.4, -0.2) is 35.5 Å². The summed E-state index contributed by atoms with van der Waals surface area (Å²) in [5.74, 6) is 2.75. The summed E-state index contributed by atoms with van der Waals surface area (Å²) in [6.07, 6.45) is 2.55. The summed E-state index contributed by atoms with van der Waals surface area (Å²) >= 11 is 3.87. The van der Waals surface area contributed by atoms with Crippen molar-refractivity contribution in [1.29, 1.82) is 0 Å². The number of nitrogens with one attached hydrogen (secondary N) is 1. The molecule has 0 bridgehead atoms. The molecular formula is C21H29NO3S2. The smallest absolute Gasteiger partial charge is 0.338 e. The monoisotopic (exact) mass is 407 g/mol. The highest BCUT2D eigenvalue weighted by Gasteiger charge is 2.30. The second-order valence-electron chi connectivity index (χ2n) is 7.63. The topological polar surface area (TPSA) is 55.4 Å². The highest BCUT2D eigenvalue weighted by Crippen LogP contribution is 2.45. The zero-order valence-corrected chi connectivity index (χ0v) is 17.9. The summed E-state index contributed by atoms with van der Waals surface area (Å²) < 4.78 is 5.86. The van der Waals surface area contributed by atoms with E-state index in [4.69, 9.17) is 4.74 Å². The number of amides is 1. The Balaban J connectivity index is 1.52. The molecule has 2 fully saturated rings. The summed E-state index contributed by atoms with van der Waals surface area (Å²) in [4.78, 5) is 24.9. The Hall–Kier alpha value is -1.14. The van der Waals surface area contributed by atoms with Gasteiger partial charge in [0.15, 0.2) is 6.10 Å². The molecule has 1 aliphatic heterocycles. The largest absolute Gasteiger partial charge is 0.449 e. The lowest BCUT2D eigenvalue weighted by Gasteiger charge is -2.35. The van der Waals surface area contributed by atoms with Crippen molar-refractivity contribution in [2.75, 3.05) is 11.5 Å². The number of hydrogen-bond donors (Lipinski definition) is 1. The van der Waals surface area contributed by atoms with Gasteiger partial charge < -0.3 is 10.1 Å².